The number of aryl methyl sites for hydroxylation is 1. The molecule has 1 fully saturated rings. The van der Waals surface area contributed by atoms with Gasteiger partial charge in [-0.05, 0) is 44.7 Å². The molecule has 12 heteroatoms. The maximum atomic E-state index is 13.1. The highest BCUT2D eigenvalue weighted by atomic mass is 35.5. The minimum atomic E-state index is -0.383. The molecule has 0 aliphatic heterocycles. The standard InChI is InChI=1S/C22H24ClN9O2/c1-12-8-20(31-34-12)29-16-10-19(27-14-4-2-13(24)3-5-14)30-32-17(11-26-21(16)32)22(33)28-15-6-7-25-18(23)9-15/h6-11,13-14H,2-5,24H2,1H3,(H,27,30)(H,29,31)(H,25,28,33)/t13-,14-. The second kappa shape index (κ2) is 9.27. The van der Waals surface area contributed by atoms with Crippen LogP contribution in [0.25, 0.3) is 5.65 Å². The summed E-state index contributed by atoms with van der Waals surface area (Å²) >= 11 is 5.94. The fourth-order valence-corrected chi connectivity index (χ4v) is 4.17. The number of nitrogens with zero attached hydrogens (tertiary/aromatic N) is 5. The van der Waals surface area contributed by atoms with Gasteiger partial charge in [-0.1, -0.05) is 16.8 Å². The number of nitrogens with one attached hydrogen (secondary N) is 3. The number of carbonyl (C=O) groups excluding carboxylic acids is 1. The van der Waals surface area contributed by atoms with Crippen LogP contribution in [-0.4, -0.2) is 42.7 Å². The Hall–Kier alpha value is -3.70. The monoisotopic (exact) mass is 481 g/mol. The van der Waals surface area contributed by atoms with E-state index in [2.05, 4.69) is 36.2 Å². The molecule has 0 saturated heterocycles. The van der Waals surface area contributed by atoms with Crippen molar-refractivity contribution in [2.24, 2.45) is 5.73 Å². The SMILES string of the molecule is Cc1cc(Nc2cc(N[C@H]3CC[C@H](N)CC3)nn3c(C(=O)Nc4ccnc(Cl)c4)cnc23)no1. The van der Waals surface area contributed by atoms with E-state index in [1.165, 1.54) is 16.9 Å². The molecule has 0 bridgehead atoms. The van der Waals surface area contributed by atoms with Gasteiger partial charge < -0.3 is 26.2 Å². The summed E-state index contributed by atoms with van der Waals surface area (Å²) < 4.78 is 6.67. The number of aromatic nitrogens is 5. The van der Waals surface area contributed by atoms with Crippen LogP contribution in [0.2, 0.25) is 5.15 Å². The van der Waals surface area contributed by atoms with Gasteiger partial charge in [-0.15, -0.1) is 5.10 Å². The molecule has 4 aromatic rings. The maximum absolute atomic E-state index is 13.1. The molecule has 0 spiro atoms. The predicted molar refractivity (Wildman–Crippen MR) is 129 cm³/mol. The Bertz CT molecular complexity index is 1330. The van der Waals surface area contributed by atoms with Crippen LogP contribution in [-0.2, 0) is 0 Å². The molecular weight excluding hydrogens is 458 g/mol. The Morgan fingerprint density at radius 1 is 1.18 bits per heavy atom. The van der Waals surface area contributed by atoms with Crippen molar-refractivity contribution < 1.29 is 9.32 Å². The Morgan fingerprint density at radius 2 is 2.00 bits per heavy atom. The fraction of sp³-hybridized carbons (Fsp3) is 0.318. The van der Waals surface area contributed by atoms with Crippen molar-refractivity contribution in [3.05, 3.63) is 53.3 Å². The van der Waals surface area contributed by atoms with E-state index in [0.717, 1.165) is 25.7 Å². The molecule has 0 atom stereocenters. The van der Waals surface area contributed by atoms with Crippen LogP contribution in [0.1, 0.15) is 41.9 Å². The summed E-state index contributed by atoms with van der Waals surface area (Å²) in [5.74, 6) is 1.42. The number of nitrogens with two attached hydrogens (primary N) is 1. The van der Waals surface area contributed by atoms with Gasteiger partial charge in [0.25, 0.3) is 5.91 Å². The average molecular weight is 482 g/mol. The fourth-order valence-electron chi connectivity index (χ4n) is 4.00. The van der Waals surface area contributed by atoms with Crippen LogP contribution < -0.4 is 21.7 Å². The van der Waals surface area contributed by atoms with Crippen LogP contribution in [0.15, 0.2) is 41.2 Å². The first kappa shape index (κ1) is 22.1. The zero-order valence-electron chi connectivity index (χ0n) is 18.5. The van der Waals surface area contributed by atoms with E-state index in [0.29, 0.717) is 34.4 Å². The molecule has 1 amide bonds. The van der Waals surface area contributed by atoms with Crippen molar-refractivity contribution in [1.29, 1.82) is 0 Å². The normalized spacial score (nSPS) is 18.1. The zero-order valence-corrected chi connectivity index (χ0v) is 19.2. The van der Waals surface area contributed by atoms with Gasteiger partial charge in [0.15, 0.2) is 17.2 Å². The van der Waals surface area contributed by atoms with E-state index in [4.69, 9.17) is 21.9 Å². The van der Waals surface area contributed by atoms with E-state index < -0.39 is 0 Å². The summed E-state index contributed by atoms with van der Waals surface area (Å²) in [6.45, 7) is 1.81. The number of imidazole rings is 1. The van der Waals surface area contributed by atoms with E-state index in [1.807, 2.05) is 13.0 Å². The lowest BCUT2D eigenvalue weighted by atomic mass is 9.92. The number of rotatable bonds is 6. The van der Waals surface area contributed by atoms with Gasteiger partial charge in [-0.25, -0.2) is 14.5 Å². The molecule has 11 nitrogen and oxygen atoms in total. The maximum Gasteiger partial charge on any atom is 0.276 e. The molecule has 1 saturated carbocycles. The van der Waals surface area contributed by atoms with Crippen LogP contribution in [0.3, 0.4) is 0 Å². The predicted octanol–water partition coefficient (Wildman–Crippen LogP) is 3.75. The van der Waals surface area contributed by atoms with Crippen LogP contribution in [0, 0.1) is 6.92 Å². The van der Waals surface area contributed by atoms with Crippen molar-refractivity contribution in [2.45, 2.75) is 44.7 Å². The number of carbonyl (C=O) groups is 1. The largest absolute Gasteiger partial charge is 0.366 e. The third kappa shape index (κ3) is 4.80. The topological polar surface area (TPSA) is 148 Å². The molecule has 1 aliphatic rings. The Morgan fingerprint density at radius 3 is 2.74 bits per heavy atom. The van der Waals surface area contributed by atoms with E-state index in [-0.39, 0.29) is 28.8 Å². The zero-order chi connectivity index (χ0) is 23.7. The number of halogens is 1. The lowest BCUT2D eigenvalue weighted by Crippen LogP contribution is -2.33. The molecule has 4 heterocycles. The number of fused-ring (bicyclic) bond motifs is 1. The molecule has 34 heavy (non-hydrogen) atoms. The van der Waals surface area contributed by atoms with Crippen LogP contribution >= 0.6 is 11.6 Å². The Labute approximate surface area is 200 Å². The van der Waals surface area contributed by atoms with Gasteiger partial charge >= 0.3 is 0 Å². The highest BCUT2D eigenvalue weighted by molar-refractivity contribution is 6.29. The summed E-state index contributed by atoms with van der Waals surface area (Å²) in [6, 6.07) is 7.33. The lowest BCUT2D eigenvalue weighted by molar-refractivity contribution is 0.102. The number of hydrogen-bond acceptors (Lipinski definition) is 9. The second-order valence-electron chi connectivity index (χ2n) is 8.35. The van der Waals surface area contributed by atoms with Gasteiger partial charge in [0.2, 0.25) is 0 Å². The Balaban J connectivity index is 1.49. The third-order valence-electron chi connectivity index (χ3n) is 5.70. The molecule has 0 unspecified atom stereocenters. The van der Waals surface area contributed by atoms with Gasteiger partial charge in [-0.2, -0.15) is 0 Å². The summed E-state index contributed by atoms with van der Waals surface area (Å²) in [5.41, 5.74) is 7.93. The first-order chi connectivity index (χ1) is 16.4. The average Bonchev–Trinajstić information content (AvgIpc) is 3.41. The molecule has 0 radical (unpaired) electrons. The molecule has 5 N–H and O–H groups in total. The summed E-state index contributed by atoms with van der Waals surface area (Å²) in [6.07, 6.45) is 6.80. The highest BCUT2D eigenvalue weighted by Gasteiger charge is 2.22. The molecule has 5 rings (SSSR count). The van der Waals surface area contributed by atoms with E-state index in [1.54, 1.807) is 18.2 Å². The minimum Gasteiger partial charge on any atom is -0.366 e. The molecule has 0 aromatic carbocycles. The highest BCUT2D eigenvalue weighted by Crippen LogP contribution is 2.27. The van der Waals surface area contributed by atoms with Crippen molar-refractivity contribution >= 4 is 46.2 Å². The van der Waals surface area contributed by atoms with Gasteiger partial charge in [0.1, 0.15) is 16.7 Å². The van der Waals surface area contributed by atoms with E-state index in [9.17, 15) is 4.79 Å². The quantitative estimate of drug-likeness (QED) is 0.302. The summed E-state index contributed by atoms with van der Waals surface area (Å²) in [4.78, 5) is 21.4. The molecule has 1 aliphatic carbocycles. The van der Waals surface area contributed by atoms with Crippen LogP contribution in [0.5, 0.6) is 0 Å². The van der Waals surface area contributed by atoms with Crippen molar-refractivity contribution in [2.75, 3.05) is 16.0 Å². The summed E-state index contributed by atoms with van der Waals surface area (Å²) in [5, 5.41) is 18.5. The van der Waals surface area contributed by atoms with Crippen molar-refractivity contribution in [3.63, 3.8) is 0 Å². The molecular formula is C22H24ClN9O2. The number of pyridine rings is 1. The first-order valence-electron chi connectivity index (χ1n) is 11.0. The second-order valence-corrected chi connectivity index (χ2v) is 8.73. The van der Waals surface area contributed by atoms with Crippen LogP contribution in [0.4, 0.5) is 23.0 Å². The van der Waals surface area contributed by atoms with Gasteiger partial charge in [-0.3, -0.25) is 4.79 Å². The van der Waals surface area contributed by atoms with Crippen molar-refractivity contribution in [1.82, 2.24) is 24.7 Å². The molecule has 4 aromatic heterocycles. The minimum absolute atomic E-state index is 0.242. The summed E-state index contributed by atoms with van der Waals surface area (Å²) in [7, 11) is 0. The van der Waals surface area contributed by atoms with Gasteiger partial charge in [0, 0.05) is 36.1 Å². The Kier molecular flexibility index (Phi) is 6.03. The number of amides is 1. The molecule has 176 valence electrons. The third-order valence-corrected chi connectivity index (χ3v) is 5.91. The number of anilines is 4. The van der Waals surface area contributed by atoms with Crippen molar-refractivity contribution in [3.8, 4) is 0 Å². The number of hydrogen-bond donors (Lipinski definition) is 4. The first-order valence-corrected chi connectivity index (χ1v) is 11.4. The lowest BCUT2D eigenvalue weighted by Gasteiger charge is -2.27. The smallest absolute Gasteiger partial charge is 0.276 e. The van der Waals surface area contributed by atoms with E-state index >= 15 is 0 Å². The van der Waals surface area contributed by atoms with Gasteiger partial charge in [0.05, 0.1) is 11.9 Å².